The predicted octanol–water partition coefficient (Wildman–Crippen LogP) is 3.42. The number of carbonyl (C=O) groups excluding carboxylic acids is 1. The number of hydrogen-bond donors (Lipinski definition) is 2. The van der Waals surface area contributed by atoms with E-state index in [1.807, 2.05) is 38.1 Å². The van der Waals surface area contributed by atoms with Crippen LogP contribution in [-0.4, -0.2) is 22.9 Å². The van der Waals surface area contributed by atoms with E-state index in [9.17, 15) is 4.79 Å². The Morgan fingerprint density at radius 1 is 1.20 bits per heavy atom. The number of amides is 1. The molecule has 0 saturated heterocycles. The maximum absolute atomic E-state index is 12.0. The number of hydrogen-bond acceptors (Lipinski definition) is 4. The zero-order valence-corrected chi connectivity index (χ0v) is 14.8. The van der Waals surface area contributed by atoms with E-state index in [0.717, 1.165) is 17.5 Å². The molecule has 5 nitrogen and oxygen atoms in total. The maximum Gasteiger partial charge on any atom is 0.271 e. The molecule has 0 unspecified atom stereocenters. The summed E-state index contributed by atoms with van der Waals surface area (Å²) in [4.78, 5) is 16.8. The van der Waals surface area contributed by atoms with Crippen molar-refractivity contribution in [3.05, 3.63) is 64.7 Å². The molecule has 2 aromatic rings. The molecule has 0 atom stereocenters. The lowest BCUT2D eigenvalue weighted by Crippen LogP contribution is -2.38. The minimum Gasteiger partial charge on any atom is -0.364 e. The van der Waals surface area contributed by atoms with Crippen LogP contribution in [0.2, 0.25) is 5.02 Å². The molecule has 3 rings (SSSR count). The van der Waals surface area contributed by atoms with Crippen LogP contribution in [0, 0.1) is 0 Å². The fraction of sp³-hybridized carbons (Fsp3) is 0.211. The molecule has 0 bridgehead atoms. The second kappa shape index (κ2) is 6.69. The number of nitrogens with one attached hydrogen (secondary N) is 1. The smallest absolute Gasteiger partial charge is 0.271 e. The van der Waals surface area contributed by atoms with Gasteiger partial charge in [0, 0.05) is 10.6 Å². The Morgan fingerprint density at radius 2 is 1.88 bits per heavy atom. The molecule has 3 N–H and O–H groups in total. The van der Waals surface area contributed by atoms with Gasteiger partial charge in [0.25, 0.3) is 5.91 Å². The summed E-state index contributed by atoms with van der Waals surface area (Å²) in [6.07, 6.45) is 0.795. The van der Waals surface area contributed by atoms with Crippen LogP contribution in [0.15, 0.2) is 58.6 Å². The normalized spacial score (nSPS) is 16.0. The van der Waals surface area contributed by atoms with Gasteiger partial charge in [0.15, 0.2) is 5.71 Å². The van der Waals surface area contributed by atoms with Crippen molar-refractivity contribution in [2.45, 2.75) is 25.8 Å². The number of benzene rings is 2. The monoisotopic (exact) mass is 354 g/mol. The largest absolute Gasteiger partial charge is 0.364 e. The summed E-state index contributed by atoms with van der Waals surface area (Å²) >= 11 is 5.88. The predicted molar refractivity (Wildman–Crippen MR) is 102 cm³/mol. The van der Waals surface area contributed by atoms with E-state index < -0.39 is 5.91 Å². The summed E-state index contributed by atoms with van der Waals surface area (Å²) in [5, 5.41) is 4.85. The highest BCUT2D eigenvalue weighted by atomic mass is 35.5. The van der Waals surface area contributed by atoms with Crippen molar-refractivity contribution in [1.82, 2.24) is 0 Å². The van der Waals surface area contributed by atoms with Crippen LogP contribution in [-0.2, 0) is 11.2 Å². The summed E-state index contributed by atoms with van der Waals surface area (Å²) in [5.41, 5.74) is 11.4. The molecule has 25 heavy (non-hydrogen) atoms. The first-order valence-electron chi connectivity index (χ1n) is 7.93. The fourth-order valence-electron chi connectivity index (χ4n) is 2.82. The SMILES string of the molecule is CC1(C)Cc2ccccc2C(/C(=N\Nc2ccc(Cl)cc2)C(N)=O)=N1. The summed E-state index contributed by atoms with van der Waals surface area (Å²) in [7, 11) is 0. The molecule has 2 aromatic carbocycles. The highest BCUT2D eigenvalue weighted by Crippen LogP contribution is 2.27. The third kappa shape index (κ3) is 3.88. The van der Waals surface area contributed by atoms with Crippen LogP contribution >= 0.6 is 11.6 Å². The van der Waals surface area contributed by atoms with Gasteiger partial charge in [0.1, 0.15) is 0 Å². The molecule has 6 heteroatoms. The van der Waals surface area contributed by atoms with Crippen LogP contribution in [0.25, 0.3) is 0 Å². The Kier molecular flexibility index (Phi) is 4.59. The van der Waals surface area contributed by atoms with E-state index in [2.05, 4.69) is 10.5 Å². The number of hydrazone groups is 1. The molecule has 1 amide bonds. The van der Waals surface area contributed by atoms with Gasteiger partial charge in [0.05, 0.1) is 16.9 Å². The molecule has 0 fully saturated rings. The highest BCUT2D eigenvalue weighted by molar-refractivity contribution is 6.70. The van der Waals surface area contributed by atoms with Gasteiger partial charge >= 0.3 is 0 Å². The molecule has 1 heterocycles. The zero-order chi connectivity index (χ0) is 18.0. The molecule has 128 valence electrons. The minimum absolute atomic E-state index is 0.107. The van der Waals surface area contributed by atoms with E-state index in [-0.39, 0.29) is 11.3 Å². The van der Waals surface area contributed by atoms with E-state index in [4.69, 9.17) is 22.3 Å². The van der Waals surface area contributed by atoms with Gasteiger partial charge < -0.3 is 5.73 Å². The molecular weight excluding hydrogens is 336 g/mol. The first kappa shape index (κ1) is 17.2. The Bertz CT molecular complexity index is 869. The molecule has 0 saturated carbocycles. The van der Waals surface area contributed by atoms with E-state index in [1.165, 1.54) is 0 Å². The van der Waals surface area contributed by atoms with Crippen LogP contribution in [0.4, 0.5) is 5.69 Å². The highest BCUT2D eigenvalue weighted by Gasteiger charge is 2.30. The van der Waals surface area contributed by atoms with Crippen molar-refractivity contribution < 1.29 is 4.79 Å². The van der Waals surface area contributed by atoms with Gasteiger partial charge in [-0.15, -0.1) is 0 Å². The second-order valence-electron chi connectivity index (χ2n) is 6.55. The minimum atomic E-state index is -0.632. The van der Waals surface area contributed by atoms with Gasteiger partial charge in [-0.1, -0.05) is 35.9 Å². The van der Waals surface area contributed by atoms with Crippen molar-refractivity contribution in [2.75, 3.05) is 5.43 Å². The molecular formula is C19H19ClN4O. The summed E-state index contributed by atoms with van der Waals surface area (Å²) < 4.78 is 0. The van der Waals surface area contributed by atoms with Gasteiger partial charge in [0.2, 0.25) is 0 Å². The number of nitrogens with zero attached hydrogens (tertiary/aromatic N) is 2. The quantitative estimate of drug-likeness (QED) is 0.651. The third-order valence-corrected chi connectivity index (χ3v) is 4.16. The third-order valence-electron chi connectivity index (χ3n) is 3.91. The number of nitrogens with two attached hydrogens (primary N) is 1. The molecule has 0 spiro atoms. The van der Waals surface area contributed by atoms with Crippen molar-refractivity contribution >= 4 is 34.6 Å². The van der Waals surface area contributed by atoms with Crippen LogP contribution in [0.1, 0.15) is 25.0 Å². The first-order valence-corrected chi connectivity index (χ1v) is 8.31. The van der Waals surface area contributed by atoms with Crippen molar-refractivity contribution in [1.29, 1.82) is 0 Å². The molecule has 0 radical (unpaired) electrons. The Morgan fingerprint density at radius 3 is 2.56 bits per heavy atom. The first-order chi connectivity index (χ1) is 11.9. The van der Waals surface area contributed by atoms with E-state index in [0.29, 0.717) is 16.4 Å². The number of aliphatic imine (C=N–C) groups is 1. The molecule has 0 aromatic heterocycles. The Labute approximate surface area is 151 Å². The van der Waals surface area contributed by atoms with Crippen LogP contribution in [0.5, 0.6) is 0 Å². The topological polar surface area (TPSA) is 79.8 Å². The van der Waals surface area contributed by atoms with Crippen molar-refractivity contribution in [2.24, 2.45) is 15.8 Å². The number of carbonyl (C=O) groups is 1. The number of anilines is 1. The lowest BCUT2D eigenvalue weighted by molar-refractivity contribution is -0.111. The van der Waals surface area contributed by atoms with Gasteiger partial charge in [-0.25, -0.2) is 0 Å². The van der Waals surface area contributed by atoms with Gasteiger partial charge in [-0.2, -0.15) is 5.10 Å². The lowest BCUT2D eigenvalue weighted by atomic mass is 9.85. The maximum atomic E-state index is 12.0. The second-order valence-corrected chi connectivity index (χ2v) is 6.99. The molecule has 0 aliphatic carbocycles. The number of rotatable bonds is 4. The molecule has 1 aliphatic heterocycles. The zero-order valence-electron chi connectivity index (χ0n) is 14.1. The number of primary amides is 1. The van der Waals surface area contributed by atoms with Gasteiger partial charge in [-0.3, -0.25) is 15.2 Å². The average Bonchev–Trinajstić information content (AvgIpc) is 2.55. The Hall–Kier alpha value is -2.66. The van der Waals surface area contributed by atoms with Crippen molar-refractivity contribution in [3.63, 3.8) is 0 Å². The van der Waals surface area contributed by atoms with Gasteiger partial charge in [-0.05, 0) is 50.1 Å². The van der Waals surface area contributed by atoms with E-state index in [1.54, 1.807) is 24.3 Å². The summed E-state index contributed by atoms with van der Waals surface area (Å²) in [6, 6.07) is 14.9. The van der Waals surface area contributed by atoms with E-state index >= 15 is 0 Å². The molecule has 1 aliphatic rings. The fourth-order valence-corrected chi connectivity index (χ4v) is 2.95. The lowest BCUT2D eigenvalue weighted by Gasteiger charge is -2.28. The summed E-state index contributed by atoms with van der Waals surface area (Å²) in [6.45, 7) is 4.04. The van der Waals surface area contributed by atoms with Crippen LogP contribution < -0.4 is 11.2 Å². The van der Waals surface area contributed by atoms with Crippen molar-refractivity contribution in [3.8, 4) is 0 Å². The summed E-state index contributed by atoms with van der Waals surface area (Å²) in [5.74, 6) is -0.632. The standard InChI is InChI=1S/C19H19ClN4O/c1-19(2)11-12-5-3-4-6-15(12)16(22-19)17(18(21)25)24-23-14-9-7-13(20)8-10-14/h3-10,23H,11H2,1-2H3,(H2,21,25)/b24-17+. The van der Waals surface area contributed by atoms with Crippen LogP contribution in [0.3, 0.4) is 0 Å². The number of halogens is 1. The average molecular weight is 355 g/mol. The Balaban J connectivity index is 2.02. The number of fused-ring (bicyclic) bond motifs is 1.